The number of nitrogens with one attached hydrogen (secondary N) is 1. The van der Waals surface area contributed by atoms with Crippen molar-refractivity contribution >= 4 is 0 Å². The maximum Gasteiger partial charge on any atom is 0.136 e. The van der Waals surface area contributed by atoms with E-state index in [-0.39, 0.29) is 0 Å². The third kappa shape index (κ3) is 2.58. The van der Waals surface area contributed by atoms with Crippen molar-refractivity contribution in [2.45, 2.75) is 63.3 Å². The fourth-order valence-corrected chi connectivity index (χ4v) is 3.44. The molecule has 100 valence electrons. The fourth-order valence-electron chi connectivity index (χ4n) is 3.44. The number of hydrogen-bond donors (Lipinski definition) is 1. The van der Waals surface area contributed by atoms with Gasteiger partial charge in [0, 0.05) is 12.0 Å². The number of piperidine rings is 1. The molecule has 4 heteroatoms. The minimum Gasteiger partial charge on any atom is -0.317 e. The molecule has 0 aromatic carbocycles. The van der Waals surface area contributed by atoms with Gasteiger partial charge < -0.3 is 9.88 Å². The Hall–Kier alpha value is -0.900. The average Bonchev–Trinajstić information content (AvgIpc) is 2.75. The molecule has 18 heavy (non-hydrogen) atoms. The zero-order valence-electron chi connectivity index (χ0n) is 11.1. The van der Waals surface area contributed by atoms with E-state index in [0.29, 0.717) is 12.0 Å². The van der Waals surface area contributed by atoms with Gasteiger partial charge in [0.2, 0.25) is 0 Å². The lowest BCUT2D eigenvalue weighted by atomic mass is 9.96. The Morgan fingerprint density at radius 1 is 1.00 bits per heavy atom. The minimum atomic E-state index is 0.622. The summed E-state index contributed by atoms with van der Waals surface area (Å²) < 4.78 is 2.40. The highest BCUT2D eigenvalue weighted by molar-refractivity contribution is 5.00. The van der Waals surface area contributed by atoms with Crippen molar-refractivity contribution in [3.05, 3.63) is 12.2 Å². The van der Waals surface area contributed by atoms with Gasteiger partial charge in [-0.3, -0.25) is 0 Å². The summed E-state index contributed by atoms with van der Waals surface area (Å²) in [5.74, 6) is 1.88. The van der Waals surface area contributed by atoms with E-state index in [0.717, 1.165) is 13.1 Å². The third-order valence-electron chi connectivity index (χ3n) is 4.52. The van der Waals surface area contributed by atoms with E-state index < -0.39 is 0 Å². The Balaban J connectivity index is 1.76. The van der Waals surface area contributed by atoms with Crippen molar-refractivity contribution in [1.82, 2.24) is 20.1 Å². The topological polar surface area (TPSA) is 42.7 Å². The van der Waals surface area contributed by atoms with Gasteiger partial charge in [0.25, 0.3) is 0 Å². The van der Waals surface area contributed by atoms with Gasteiger partial charge in [0.1, 0.15) is 12.2 Å². The molecule has 3 rings (SSSR count). The van der Waals surface area contributed by atoms with Crippen LogP contribution >= 0.6 is 0 Å². The van der Waals surface area contributed by atoms with Crippen LogP contribution in [0.4, 0.5) is 0 Å². The fraction of sp³-hybridized carbons (Fsp3) is 0.857. The van der Waals surface area contributed by atoms with Gasteiger partial charge in [-0.05, 0) is 38.8 Å². The molecule has 0 amide bonds. The molecule has 1 saturated carbocycles. The number of rotatable bonds is 2. The first-order chi connectivity index (χ1) is 8.95. The Morgan fingerprint density at radius 2 is 1.72 bits per heavy atom. The Labute approximate surface area is 109 Å². The Morgan fingerprint density at radius 3 is 2.44 bits per heavy atom. The van der Waals surface area contributed by atoms with Gasteiger partial charge >= 0.3 is 0 Å². The highest BCUT2D eigenvalue weighted by Gasteiger charge is 2.24. The summed E-state index contributed by atoms with van der Waals surface area (Å²) in [7, 11) is 0. The van der Waals surface area contributed by atoms with E-state index in [9.17, 15) is 0 Å². The van der Waals surface area contributed by atoms with Crippen molar-refractivity contribution < 1.29 is 0 Å². The lowest BCUT2D eigenvalue weighted by Crippen LogP contribution is -2.28. The van der Waals surface area contributed by atoms with Crippen molar-refractivity contribution in [3.63, 3.8) is 0 Å². The van der Waals surface area contributed by atoms with Crippen LogP contribution in [0.3, 0.4) is 0 Å². The highest BCUT2D eigenvalue weighted by atomic mass is 15.3. The second kappa shape index (κ2) is 5.83. The van der Waals surface area contributed by atoms with E-state index in [1.165, 1.54) is 57.2 Å². The predicted octanol–water partition coefficient (Wildman–Crippen LogP) is 2.64. The molecule has 2 aliphatic rings. The van der Waals surface area contributed by atoms with E-state index >= 15 is 0 Å². The SMILES string of the molecule is c1nnc(C2CCNCC2)n1C1CCCCCC1. The lowest BCUT2D eigenvalue weighted by Gasteiger charge is -2.25. The van der Waals surface area contributed by atoms with Crippen LogP contribution in [0.15, 0.2) is 6.33 Å². The van der Waals surface area contributed by atoms with Crippen molar-refractivity contribution in [1.29, 1.82) is 0 Å². The zero-order chi connectivity index (χ0) is 12.2. The van der Waals surface area contributed by atoms with Crippen LogP contribution in [0.25, 0.3) is 0 Å². The highest BCUT2D eigenvalue weighted by Crippen LogP contribution is 2.31. The number of hydrogen-bond acceptors (Lipinski definition) is 3. The molecule has 0 radical (unpaired) electrons. The van der Waals surface area contributed by atoms with Gasteiger partial charge in [-0.15, -0.1) is 10.2 Å². The number of nitrogens with zero attached hydrogens (tertiary/aromatic N) is 3. The van der Waals surface area contributed by atoms with E-state index in [1.807, 2.05) is 6.33 Å². The second-order valence-corrected chi connectivity index (χ2v) is 5.77. The van der Waals surface area contributed by atoms with E-state index in [1.54, 1.807) is 0 Å². The molecular formula is C14H24N4. The first-order valence-corrected chi connectivity index (χ1v) is 7.55. The van der Waals surface area contributed by atoms with Gasteiger partial charge in [-0.1, -0.05) is 25.7 Å². The molecule has 0 atom stereocenters. The van der Waals surface area contributed by atoms with Crippen LogP contribution in [0.1, 0.15) is 69.2 Å². The van der Waals surface area contributed by atoms with E-state index in [2.05, 4.69) is 20.1 Å². The van der Waals surface area contributed by atoms with Crippen molar-refractivity contribution in [2.75, 3.05) is 13.1 Å². The third-order valence-corrected chi connectivity index (χ3v) is 4.52. The maximum absolute atomic E-state index is 4.43. The summed E-state index contributed by atoms with van der Waals surface area (Å²) in [5, 5.41) is 12.1. The molecule has 0 bridgehead atoms. The molecule has 0 spiro atoms. The zero-order valence-corrected chi connectivity index (χ0v) is 11.1. The first kappa shape index (κ1) is 12.2. The summed E-state index contributed by atoms with van der Waals surface area (Å²) in [6, 6.07) is 0.660. The summed E-state index contributed by atoms with van der Waals surface area (Å²) in [6.45, 7) is 2.25. The molecule has 2 fully saturated rings. The molecule has 1 saturated heterocycles. The van der Waals surface area contributed by atoms with Crippen LogP contribution in [-0.4, -0.2) is 27.9 Å². The molecule has 0 unspecified atom stereocenters. The van der Waals surface area contributed by atoms with Gasteiger partial charge in [-0.25, -0.2) is 0 Å². The summed E-state index contributed by atoms with van der Waals surface area (Å²) >= 11 is 0. The predicted molar refractivity (Wildman–Crippen MR) is 71.6 cm³/mol. The maximum atomic E-state index is 4.43. The van der Waals surface area contributed by atoms with Gasteiger partial charge in [0.15, 0.2) is 0 Å². The normalized spacial score (nSPS) is 24.0. The van der Waals surface area contributed by atoms with Crippen LogP contribution in [0.2, 0.25) is 0 Å². The molecule has 4 nitrogen and oxygen atoms in total. The van der Waals surface area contributed by atoms with E-state index in [4.69, 9.17) is 0 Å². The number of aromatic nitrogens is 3. The molecule has 1 N–H and O–H groups in total. The van der Waals surface area contributed by atoms with Crippen LogP contribution in [-0.2, 0) is 0 Å². The smallest absolute Gasteiger partial charge is 0.136 e. The minimum absolute atomic E-state index is 0.622. The molecule has 1 aromatic rings. The van der Waals surface area contributed by atoms with Crippen LogP contribution in [0.5, 0.6) is 0 Å². The second-order valence-electron chi connectivity index (χ2n) is 5.77. The van der Waals surface area contributed by atoms with Crippen molar-refractivity contribution in [3.8, 4) is 0 Å². The van der Waals surface area contributed by atoms with Gasteiger partial charge in [-0.2, -0.15) is 0 Å². The van der Waals surface area contributed by atoms with Crippen molar-refractivity contribution in [2.24, 2.45) is 0 Å². The molecule has 1 aliphatic carbocycles. The standard InChI is InChI=1S/C14H24N4/c1-2-4-6-13(5-3-1)18-11-16-17-14(18)12-7-9-15-10-8-12/h11-13,15H,1-10H2. The Kier molecular flexibility index (Phi) is 3.93. The molecular weight excluding hydrogens is 224 g/mol. The summed E-state index contributed by atoms with van der Waals surface area (Å²) in [5.41, 5.74) is 0. The lowest BCUT2D eigenvalue weighted by molar-refractivity contribution is 0.384. The Bertz CT molecular complexity index is 360. The summed E-state index contributed by atoms with van der Waals surface area (Å²) in [4.78, 5) is 0. The monoisotopic (exact) mass is 248 g/mol. The van der Waals surface area contributed by atoms with Gasteiger partial charge in [0.05, 0.1) is 0 Å². The van der Waals surface area contributed by atoms with Crippen LogP contribution < -0.4 is 5.32 Å². The summed E-state index contributed by atoms with van der Waals surface area (Å²) in [6.07, 6.45) is 12.6. The molecule has 1 aliphatic heterocycles. The molecule has 1 aromatic heterocycles. The van der Waals surface area contributed by atoms with Crippen LogP contribution in [0, 0.1) is 0 Å². The molecule has 2 heterocycles. The largest absolute Gasteiger partial charge is 0.317 e. The first-order valence-electron chi connectivity index (χ1n) is 7.55. The quantitative estimate of drug-likeness (QED) is 0.818. The average molecular weight is 248 g/mol.